The van der Waals surface area contributed by atoms with Crippen molar-refractivity contribution in [2.24, 2.45) is 0 Å². The third-order valence-corrected chi connectivity index (χ3v) is 6.52. The fourth-order valence-electron chi connectivity index (χ4n) is 4.18. The number of rotatable bonds is 9. The molecule has 1 N–H and O–H groups in total. The lowest BCUT2D eigenvalue weighted by Gasteiger charge is -2.34. The van der Waals surface area contributed by atoms with E-state index >= 15 is 0 Å². The predicted molar refractivity (Wildman–Crippen MR) is 133 cm³/mol. The molecule has 0 spiro atoms. The Morgan fingerprint density at radius 3 is 2.51 bits per heavy atom. The van der Waals surface area contributed by atoms with Crippen LogP contribution < -0.4 is 9.64 Å². The molecule has 0 saturated carbocycles. The van der Waals surface area contributed by atoms with Gasteiger partial charge in [0.15, 0.2) is 0 Å². The van der Waals surface area contributed by atoms with E-state index in [2.05, 4.69) is 39.7 Å². The normalized spacial score (nSPS) is 14.2. The fourth-order valence-corrected chi connectivity index (χ4v) is 4.18. The molecule has 184 valence electrons. The van der Waals surface area contributed by atoms with E-state index in [9.17, 15) is 14.3 Å². The topological polar surface area (TPSA) is 78.8 Å². The summed E-state index contributed by atoms with van der Waals surface area (Å²) in [6.45, 7) is 8.84. The average Bonchev–Trinajstić information content (AvgIpc) is 2.86. The van der Waals surface area contributed by atoms with E-state index in [1.807, 2.05) is 12.1 Å². The highest BCUT2D eigenvalue weighted by atomic mass is 19.1. The van der Waals surface area contributed by atoms with Crippen molar-refractivity contribution in [2.75, 3.05) is 44.2 Å². The summed E-state index contributed by atoms with van der Waals surface area (Å²) in [4.78, 5) is 25.1. The molecular formula is C27H31FN4O3. The molecule has 1 aliphatic heterocycles. The molecule has 2 aromatic carbocycles. The number of piperazine rings is 1. The van der Waals surface area contributed by atoms with Gasteiger partial charge in [-0.1, -0.05) is 24.3 Å². The third-order valence-electron chi connectivity index (χ3n) is 6.52. The molecule has 1 aromatic heterocycles. The summed E-state index contributed by atoms with van der Waals surface area (Å²) in [7, 11) is 0. The summed E-state index contributed by atoms with van der Waals surface area (Å²) >= 11 is 0. The number of benzene rings is 2. The van der Waals surface area contributed by atoms with Crippen molar-refractivity contribution in [1.29, 1.82) is 0 Å². The van der Waals surface area contributed by atoms with Gasteiger partial charge in [0.1, 0.15) is 18.2 Å². The van der Waals surface area contributed by atoms with E-state index in [0.717, 1.165) is 44.0 Å². The minimum absolute atomic E-state index is 0.109. The van der Waals surface area contributed by atoms with Crippen LogP contribution in [-0.4, -0.2) is 65.3 Å². The Hall–Kier alpha value is -3.52. The number of hydrogen-bond acceptors (Lipinski definition) is 6. The molecule has 0 aliphatic carbocycles. The first kappa shape index (κ1) is 24.6. The lowest BCUT2D eigenvalue weighted by molar-refractivity contribution is 0.0694. The number of anilines is 1. The summed E-state index contributed by atoms with van der Waals surface area (Å²) in [5.41, 5.74) is 3.94. The molecule has 0 radical (unpaired) electrons. The number of carboxylic acids is 1. The van der Waals surface area contributed by atoms with Crippen molar-refractivity contribution in [2.45, 2.75) is 26.7 Å². The summed E-state index contributed by atoms with van der Waals surface area (Å²) in [5.74, 6) is 0.152. The zero-order chi connectivity index (χ0) is 24.8. The lowest BCUT2D eigenvalue weighted by atomic mass is 10.1. The minimum Gasteiger partial charge on any atom is -0.492 e. The average molecular weight is 479 g/mol. The van der Waals surface area contributed by atoms with Crippen molar-refractivity contribution in [3.63, 3.8) is 0 Å². The van der Waals surface area contributed by atoms with Crippen LogP contribution in [-0.2, 0) is 12.8 Å². The van der Waals surface area contributed by atoms with Crippen molar-refractivity contribution in [1.82, 2.24) is 14.9 Å². The number of nitrogens with zero attached hydrogens (tertiary/aromatic N) is 4. The van der Waals surface area contributed by atoms with Gasteiger partial charge in [-0.15, -0.1) is 0 Å². The molecule has 4 rings (SSSR count). The second kappa shape index (κ2) is 11.3. The zero-order valence-corrected chi connectivity index (χ0v) is 20.2. The van der Waals surface area contributed by atoms with Crippen molar-refractivity contribution < 1.29 is 19.0 Å². The van der Waals surface area contributed by atoms with Gasteiger partial charge in [-0.25, -0.2) is 19.2 Å². The van der Waals surface area contributed by atoms with Crippen LogP contribution in [0.25, 0.3) is 0 Å². The molecule has 35 heavy (non-hydrogen) atoms. The first-order chi connectivity index (χ1) is 16.9. The number of aryl methyl sites for hydroxylation is 3. The number of aromatic carboxylic acids is 1. The summed E-state index contributed by atoms with van der Waals surface area (Å²) in [5, 5.41) is 9.57. The van der Waals surface area contributed by atoms with Crippen LogP contribution >= 0.6 is 0 Å². The van der Waals surface area contributed by atoms with Gasteiger partial charge in [-0.05, 0) is 61.6 Å². The van der Waals surface area contributed by atoms with E-state index in [1.54, 1.807) is 12.1 Å². The molecule has 8 heteroatoms. The van der Waals surface area contributed by atoms with Crippen LogP contribution in [0.2, 0.25) is 0 Å². The van der Waals surface area contributed by atoms with Gasteiger partial charge in [-0.3, -0.25) is 4.90 Å². The van der Waals surface area contributed by atoms with Crippen LogP contribution in [0.4, 0.5) is 10.3 Å². The van der Waals surface area contributed by atoms with Gasteiger partial charge >= 0.3 is 5.97 Å². The number of aromatic nitrogens is 2. The van der Waals surface area contributed by atoms with E-state index < -0.39 is 5.97 Å². The maximum atomic E-state index is 13.2. The van der Waals surface area contributed by atoms with Gasteiger partial charge in [0.25, 0.3) is 0 Å². The highest BCUT2D eigenvalue weighted by Crippen LogP contribution is 2.21. The molecule has 1 fully saturated rings. The van der Waals surface area contributed by atoms with Gasteiger partial charge in [-0.2, -0.15) is 0 Å². The van der Waals surface area contributed by atoms with E-state index in [1.165, 1.54) is 29.5 Å². The number of hydrogen-bond donors (Lipinski definition) is 1. The van der Waals surface area contributed by atoms with Gasteiger partial charge in [0.05, 0.1) is 11.3 Å². The van der Waals surface area contributed by atoms with Crippen LogP contribution in [0, 0.1) is 19.7 Å². The molecule has 0 bridgehead atoms. The van der Waals surface area contributed by atoms with E-state index in [-0.39, 0.29) is 11.4 Å². The number of carboxylic acid groups (broad SMARTS) is 1. The second-order valence-electron chi connectivity index (χ2n) is 8.84. The van der Waals surface area contributed by atoms with Crippen LogP contribution in [0.5, 0.6) is 5.75 Å². The molecule has 0 atom stereocenters. The largest absolute Gasteiger partial charge is 0.492 e. The molecule has 7 nitrogen and oxygen atoms in total. The smallest absolute Gasteiger partial charge is 0.339 e. The number of ether oxygens (including phenoxy) is 1. The highest BCUT2D eigenvalue weighted by Gasteiger charge is 2.21. The maximum absolute atomic E-state index is 13.2. The fraction of sp³-hybridized carbons (Fsp3) is 0.370. The van der Waals surface area contributed by atoms with E-state index in [4.69, 9.17) is 4.74 Å². The maximum Gasteiger partial charge on any atom is 0.339 e. The van der Waals surface area contributed by atoms with Crippen LogP contribution in [0.15, 0.2) is 48.7 Å². The molecule has 0 unspecified atom stereocenters. The Morgan fingerprint density at radius 1 is 1.06 bits per heavy atom. The second-order valence-corrected chi connectivity index (χ2v) is 8.84. The molecule has 2 heterocycles. The van der Waals surface area contributed by atoms with Crippen molar-refractivity contribution in [3.05, 3.63) is 82.4 Å². The van der Waals surface area contributed by atoms with Crippen LogP contribution in [0.3, 0.4) is 0 Å². The first-order valence-corrected chi connectivity index (χ1v) is 11.9. The Balaban J connectivity index is 1.32. The Labute approximate surface area is 205 Å². The van der Waals surface area contributed by atoms with Crippen molar-refractivity contribution >= 4 is 11.9 Å². The molecule has 3 aromatic rings. The summed E-state index contributed by atoms with van der Waals surface area (Å²) in [6, 6.07) is 12.3. The summed E-state index contributed by atoms with van der Waals surface area (Å²) < 4.78 is 19.2. The Bertz CT molecular complexity index is 1160. The first-order valence-electron chi connectivity index (χ1n) is 11.9. The SMILES string of the molecule is Cc1cccc(OCCN2CCN(c3ncc(C(=O)O)c(CCc4ccc(F)cc4)n3)CC2)c1C. The van der Waals surface area contributed by atoms with E-state index in [0.29, 0.717) is 31.1 Å². The zero-order valence-electron chi connectivity index (χ0n) is 20.2. The lowest BCUT2D eigenvalue weighted by Crippen LogP contribution is -2.48. The Morgan fingerprint density at radius 2 is 1.80 bits per heavy atom. The number of halogens is 1. The Kier molecular flexibility index (Phi) is 7.92. The predicted octanol–water partition coefficient (Wildman–Crippen LogP) is 3.92. The van der Waals surface area contributed by atoms with Gasteiger partial charge in [0.2, 0.25) is 5.95 Å². The van der Waals surface area contributed by atoms with Crippen LogP contribution in [0.1, 0.15) is 32.7 Å². The molecule has 0 amide bonds. The highest BCUT2D eigenvalue weighted by molar-refractivity contribution is 5.88. The number of carbonyl (C=O) groups is 1. The standard InChI is InChI=1S/C27H31FN4O3/c1-19-4-3-5-25(20(19)2)35-17-16-31-12-14-32(15-13-31)27-29-18-23(26(33)34)24(30-27)11-8-21-6-9-22(28)10-7-21/h3-7,9-10,18H,8,11-17H2,1-2H3,(H,33,34). The molecule has 1 aliphatic rings. The van der Waals surface area contributed by atoms with Gasteiger partial charge < -0.3 is 14.7 Å². The molecule has 1 saturated heterocycles. The molecular weight excluding hydrogens is 447 g/mol. The summed E-state index contributed by atoms with van der Waals surface area (Å²) in [6.07, 6.45) is 2.42. The third kappa shape index (κ3) is 6.33. The van der Waals surface area contributed by atoms with Gasteiger partial charge in [0, 0.05) is 38.9 Å². The quantitative estimate of drug-likeness (QED) is 0.499. The monoisotopic (exact) mass is 478 g/mol. The van der Waals surface area contributed by atoms with Crippen molar-refractivity contribution in [3.8, 4) is 5.75 Å². The minimum atomic E-state index is -1.04.